The molecule has 124 valence electrons. The van der Waals surface area contributed by atoms with Gasteiger partial charge in [0, 0.05) is 28.9 Å². The number of rotatable bonds is 5. The van der Waals surface area contributed by atoms with Gasteiger partial charge < -0.3 is 15.2 Å². The maximum atomic E-state index is 11.4. The van der Waals surface area contributed by atoms with Gasteiger partial charge in [-0.05, 0) is 24.3 Å². The van der Waals surface area contributed by atoms with Crippen LogP contribution in [0.4, 0.5) is 5.69 Å². The molecule has 0 fully saturated rings. The molecule has 0 heterocycles. The third-order valence-corrected chi connectivity index (χ3v) is 4.52. The van der Waals surface area contributed by atoms with Crippen LogP contribution in [-0.2, 0) is 16.6 Å². The van der Waals surface area contributed by atoms with E-state index in [1.54, 1.807) is 6.07 Å². The summed E-state index contributed by atoms with van der Waals surface area (Å²) in [6, 6.07) is 7.37. The number of hydrogen-bond acceptors (Lipinski definition) is 5. The standard InChI is InChI=1S/C14H14Cl2N2O4S/c1-22-12-6-10(2-3-13(12)23(17,20)21)18-7-8-4-9(15)5-11(16)14(8)19/h2-6,18-19H,7H2,1H3,(H2,17,20,21). The maximum absolute atomic E-state index is 11.4. The van der Waals surface area contributed by atoms with Crippen molar-refractivity contribution in [2.45, 2.75) is 11.4 Å². The first-order valence-corrected chi connectivity index (χ1v) is 8.64. The quantitative estimate of drug-likeness (QED) is 0.744. The van der Waals surface area contributed by atoms with E-state index in [1.165, 1.54) is 31.4 Å². The number of halogens is 2. The molecule has 0 radical (unpaired) electrons. The number of primary sulfonamides is 1. The van der Waals surface area contributed by atoms with Crippen molar-refractivity contribution in [3.05, 3.63) is 45.9 Å². The minimum atomic E-state index is -3.88. The second-order valence-corrected chi connectivity index (χ2v) is 7.03. The Balaban J connectivity index is 2.25. The van der Waals surface area contributed by atoms with Crippen LogP contribution in [0.3, 0.4) is 0 Å². The predicted molar refractivity (Wildman–Crippen MR) is 89.8 cm³/mol. The zero-order valence-corrected chi connectivity index (χ0v) is 14.3. The van der Waals surface area contributed by atoms with E-state index in [1.807, 2.05) is 0 Å². The van der Waals surface area contributed by atoms with E-state index >= 15 is 0 Å². The largest absolute Gasteiger partial charge is 0.506 e. The third kappa shape index (κ3) is 4.20. The van der Waals surface area contributed by atoms with Gasteiger partial charge in [-0.1, -0.05) is 23.2 Å². The average molecular weight is 377 g/mol. The minimum absolute atomic E-state index is 0.0725. The van der Waals surface area contributed by atoms with Gasteiger partial charge in [0.15, 0.2) is 0 Å². The van der Waals surface area contributed by atoms with Gasteiger partial charge in [0.05, 0.1) is 12.1 Å². The molecule has 0 aliphatic rings. The zero-order valence-electron chi connectivity index (χ0n) is 12.0. The summed E-state index contributed by atoms with van der Waals surface area (Å²) in [5.74, 6) is 0.0440. The van der Waals surface area contributed by atoms with Crippen LogP contribution in [0.1, 0.15) is 5.56 Å². The first-order valence-electron chi connectivity index (χ1n) is 6.34. The van der Waals surface area contributed by atoms with Crippen molar-refractivity contribution in [2.75, 3.05) is 12.4 Å². The Kier molecular flexibility index (Phi) is 5.26. The van der Waals surface area contributed by atoms with Gasteiger partial charge in [-0.25, -0.2) is 13.6 Å². The number of benzene rings is 2. The normalized spacial score (nSPS) is 11.3. The summed E-state index contributed by atoms with van der Waals surface area (Å²) in [6.07, 6.45) is 0. The third-order valence-electron chi connectivity index (χ3n) is 3.06. The molecule has 0 unspecified atom stereocenters. The molecule has 0 saturated carbocycles. The van der Waals surface area contributed by atoms with Crippen molar-refractivity contribution in [2.24, 2.45) is 5.14 Å². The number of nitrogens with two attached hydrogens (primary N) is 1. The van der Waals surface area contributed by atoms with Gasteiger partial charge in [-0.2, -0.15) is 0 Å². The number of phenols is 1. The van der Waals surface area contributed by atoms with E-state index < -0.39 is 10.0 Å². The number of methoxy groups -OCH3 is 1. The van der Waals surface area contributed by atoms with Crippen LogP contribution in [-0.4, -0.2) is 20.6 Å². The lowest BCUT2D eigenvalue weighted by molar-refractivity contribution is 0.403. The summed E-state index contributed by atoms with van der Waals surface area (Å²) in [5, 5.41) is 18.6. The molecule has 0 aliphatic carbocycles. The Morgan fingerprint density at radius 2 is 1.96 bits per heavy atom. The maximum Gasteiger partial charge on any atom is 0.241 e. The van der Waals surface area contributed by atoms with Crippen molar-refractivity contribution >= 4 is 38.9 Å². The van der Waals surface area contributed by atoms with Gasteiger partial charge in [-0.15, -0.1) is 0 Å². The number of phenolic OH excluding ortho intramolecular Hbond substituents is 1. The molecule has 0 atom stereocenters. The molecule has 0 spiro atoms. The second kappa shape index (κ2) is 6.84. The molecule has 2 aromatic carbocycles. The molecule has 4 N–H and O–H groups in total. The molecule has 2 aromatic rings. The topological polar surface area (TPSA) is 102 Å². The second-order valence-electron chi connectivity index (χ2n) is 4.66. The molecule has 0 bridgehead atoms. The van der Waals surface area contributed by atoms with E-state index in [0.717, 1.165) is 0 Å². The Morgan fingerprint density at radius 3 is 2.57 bits per heavy atom. The molecule has 0 amide bonds. The minimum Gasteiger partial charge on any atom is -0.506 e. The van der Waals surface area contributed by atoms with Crippen LogP contribution < -0.4 is 15.2 Å². The van der Waals surface area contributed by atoms with E-state index in [0.29, 0.717) is 16.3 Å². The Bertz CT molecular complexity index is 841. The number of ether oxygens (including phenoxy) is 1. The molecule has 0 aromatic heterocycles. The molecular weight excluding hydrogens is 363 g/mol. The summed E-state index contributed by atoms with van der Waals surface area (Å²) in [6.45, 7) is 0.226. The van der Waals surface area contributed by atoms with Crippen LogP contribution in [0.15, 0.2) is 35.2 Å². The number of aromatic hydroxyl groups is 1. The fourth-order valence-electron chi connectivity index (χ4n) is 1.96. The van der Waals surface area contributed by atoms with Crippen LogP contribution in [0, 0.1) is 0 Å². The van der Waals surface area contributed by atoms with Gasteiger partial charge in [-0.3, -0.25) is 0 Å². The fraction of sp³-hybridized carbons (Fsp3) is 0.143. The van der Waals surface area contributed by atoms with Gasteiger partial charge in [0.2, 0.25) is 10.0 Å². The predicted octanol–water partition coefficient (Wildman–Crippen LogP) is 2.97. The van der Waals surface area contributed by atoms with Gasteiger partial charge in [0.1, 0.15) is 16.4 Å². The van der Waals surface area contributed by atoms with Crippen LogP contribution in [0.2, 0.25) is 10.0 Å². The van der Waals surface area contributed by atoms with Crippen LogP contribution in [0.5, 0.6) is 11.5 Å². The Labute approximate surface area is 143 Å². The van der Waals surface area contributed by atoms with Crippen molar-refractivity contribution < 1.29 is 18.3 Å². The van der Waals surface area contributed by atoms with Crippen molar-refractivity contribution in [3.8, 4) is 11.5 Å². The van der Waals surface area contributed by atoms with Crippen molar-refractivity contribution in [1.82, 2.24) is 0 Å². The van der Waals surface area contributed by atoms with Crippen molar-refractivity contribution in [3.63, 3.8) is 0 Å². The van der Waals surface area contributed by atoms with Crippen LogP contribution >= 0.6 is 23.2 Å². The smallest absolute Gasteiger partial charge is 0.241 e. The summed E-state index contributed by atoms with van der Waals surface area (Å²) >= 11 is 11.8. The molecule has 9 heteroatoms. The highest BCUT2D eigenvalue weighted by Gasteiger charge is 2.15. The highest BCUT2D eigenvalue weighted by atomic mass is 35.5. The van der Waals surface area contributed by atoms with Gasteiger partial charge >= 0.3 is 0 Å². The van der Waals surface area contributed by atoms with E-state index in [2.05, 4.69) is 5.32 Å². The van der Waals surface area contributed by atoms with Crippen LogP contribution in [0.25, 0.3) is 0 Å². The fourth-order valence-corrected chi connectivity index (χ4v) is 3.18. The molecule has 23 heavy (non-hydrogen) atoms. The summed E-state index contributed by atoms with van der Waals surface area (Å²) in [7, 11) is -2.53. The highest BCUT2D eigenvalue weighted by Crippen LogP contribution is 2.32. The lowest BCUT2D eigenvalue weighted by Gasteiger charge is -2.12. The number of hydrogen-bond donors (Lipinski definition) is 3. The summed E-state index contributed by atoms with van der Waals surface area (Å²) in [5.41, 5.74) is 1.07. The van der Waals surface area contributed by atoms with E-state index in [9.17, 15) is 13.5 Å². The molecule has 2 rings (SSSR count). The lowest BCUT2D eigenvalue weighted by Crippen LogP contribution is -2.13. The number of nitrogens with one attached hydrogen (secondary N) is 1. The van der Waals surface area contributed by atoms with Crippen molar-refractivity contribution in [1.29, 1.82) is 0 Å². The number of sulfonamides is 1. The first kappa shape index (κ1) is 17.7. The van der Waals surface area contributed by atoms with E-state index in [4.69, 9.17) is 33.1 Å². The van der Waals surface area contributed by atoms with E-state index in [-0.39, 0.29) is 28.0 Å². The first-order chi connectivity index (χ1) is 10.7. The highest BCUT2D eigenvalue weighted by molar-refractivity contribution is 7.89. The molecule has 0 saturated heterocycles. The Morgan fingerprint density at radius 1 is 1.26 bits per heavy atom. The lowest BCUT2D eigenvalue weighted by atomic mass is 10.2. The van der Waals surface area contributed by atoms with Gasteiger partial charge in [0.25, 0.3) is 0 Å². The Hall–Kier alpha value is -1.67. The monoisotopic (exact) mass is 376 g/mol. The SMILES string of the molecule is COc1cc(NCc2cc(Cl)cc(Cl)c2O)ccc1S(N)(=O)=O. The zero-order chi connectivity index (χ0) is 17.2. The summed E-state index contributed by atoms with van der Waals surface area (Å²) < 4.78 is 27.9. The molecular formula is C14H14Cl2N2O4S. The number of anilines is 1. The molecule has 6 nitrogen and oxygen atoms in total. The summed E-state index contributed by atoms with van der Waals surface area (Å²) in [4.78, 5) is -0.112. The molecule has 0 aliphatic heterocycles. The average Bonchev–Trinajstić information content (AvgIpc) is 2.48.